The molecule has 0 unspecified atom stereocenters. The van der Waals surface area contributed by atoms with Gasteiger partial charge in [0.1, 0.15) is 17.4 Å². The van der Waals surface area contributed by atoms with Crippen LogP contribution in [-0.4, -0.2) is 41.1 Å². The average molecular weight is 306 g/mol. The van der Waals surface area contributed by atoms with Gasteiger partial charge in [-0.3, -0.25) is 4.79 Å². The Morgan fingerprint density at radius 1 is 1.38 bits per heavy atom. The largest absolute Gasteiger partial charge is 0.486 e. The van der Waals surface area contributed by atoms with E-state index in [0.717, 1.165) is 10.7 Å². The number of hydrogen-bond acceptors (Lipinski definition) is 5. The number of likely N-dealkylation sites (N-methyl/N-ethyl adjacent to an activating group) is 1. The zero-order valence-electron chi connectivity index (χ0n) is 12.1. The molecule has 6 heteroatoms. The summed E-state index contributed by atoms with van der Waals surface area (Å²) in [5.41, 5.74) is 1.56. The van der Waals surface area contributed by atoms with Gasteiger partial charge < -0.3 is 14.7 Å². The Balaban J connectivity index is 1.94. The van der Waals surface area contributed by atoms with Crippen LogP contribution in [0.1, 0.15) is 21.1 Å². The molecule has 1 aromatic heterocycles. The monoisotopic (exact) mass is 306 g/mol. The molecule has 0 bridgehead atoms. The van der Waals surface area contributed by atoms with E-state index >= 15 is 0 Å². The highest BCUT2D eigenvalue weighted by Crippen LogP contribution is 2.16. The van der Waals surface area contributed by atoms with Crippen LogP contribution in [0.5, 0.6) is 5.75 Å². The lowest BCUT2D eigenvalue weighted by Gasteiger charge is -2.15. The molecule has 1 heterocycles. The summed E-state index contributed by atoms with van der Waals surface area (Å²) in [6.45, 7) is 2.65. The number of hydrogen-bond donors (Lipinski definition) is 1. The zero-order valence-corrected chi connectivity index (χ0v) is 12.9. The minimum atomic E-state index is -0.119. The Hall–Kier alpha value is -1.92. The van der Waals surface area contributed by atoms with E-state index in [1.54, 1.807) is 42.6 Å². The van der Waals surface area contributed by atoms with Crippen LogP contribution in [-0.2, 0) is 6.61 Å². The van der Waals surface area contributed by atoms with Crippen molar-refractivity contribution < 1.29 is 14.6 Å². The van der Waals surface area contributed by atoms with E-state index in [0.29, 0.717) is 24.5 Å². The standard InChI is InChI=1S/C15H18N2O3S/c1-11-10-21-14(16-11)9-20-13-5-3-12(4-6-13)15(19)17(2)7-8-18/h3-6,10,18H,7-9H2,1-2H3. The molecule has 0 aliphatic carbocycles. The van der Waals surface area contributed by atoms with Gasteiger partial charge in [-0.25, -0.2) is 4.98 Å². The Morgan fingerprint density at radius 3 is 2.67 bits per heavy atom. The molecular formula is C15H18N2O3S. The Morgan fingerprint density at radius 2 is 2.10 bits per heavy atom. The fourth-order valence-electron chi connectivity index (χ4n) is 1.78. The minimum Gasteiger partial charge on any atom is -0.486 e. The SMILES string of the molecule is Cc1csc(COc2ccc(C(=O)N(C)CCO)cc2)n1. The van der Waals surface area contributed by atoms with E-state index in [2.05, 4.69) is 4.98 Å². The molecule has 1 aromatic carbocycles. The number of thiazole rings is 1. The molecule has 112 valence electrons. The highest BCUT2D eigenvalue weighted by atomic mass is 32.1. The van der Waals surface area contributed by atoms with Gasteiger partial charge in [0.15, 0.2) is 0 Å². The summed E-state index contributed by atoms with van der Waals surface area (Å²) >= 11 is 1.57. The maximum absolute atomic E-state index is 12.0. The lowest BCUT2D eigenvalue weighted by atomic mass is 10.2. The second kappa shape index (κ2) is 7.19. The van der Waals surface area contributed by atoms with E-state index in [1.807, 2.05) is 12.3 Å². The molecule has 1 N–H and O–H groups in total. The molecular weight excluding hydrogens is 288 g/mol. The van der Waals surface area contributed by atoms with Crippen molar-refractivity contribution in [2.24, 2.45) is 0 Å². The number of nitrogens with zero attached hydrogens (tertiary/aromatic N) is 2. The first-order valence-electron chi connectivity index (χ1n) is 6.60. The van der Waals surface area contributed by atoms with E-state index in [4.69, 9.17) is 9.84 Å². The molecule has 0 fully saturated rings. The van der Waals surface area contributed by atoms with E-state index in [1.165, 1.54) is 4.90 Å². The van der Waals surface area contributed by atoms with Crippen molar-refractivity contribution in [3.63, 3.8) is 0 Å². The van der Waals surface area contributed by atoms with E-state index < -0.39 is 0 Å². The second-order valence-electron chi connectivity index (χ2n) is 4.65. The summed E-state index contributed by atoms with van der Waals surface area (Å²) in [5.74, 6) is 0.579. The number of aromatic nitrogens is 1. The quantitative estimate of drug-likeness (QED) is 0.887. The lowest BCUT2D eigenvalue weighted by molar-refractivity contribution is 0.0767. The number of rotatable bonds is 6. The van der Waals surface area contributed by atoms with Crippen molar-refractivity contribution >= 4 is 17.2 Å². The van der Waals surface area contributed by atoms with Crippen LogP contribution in [0.4, 0.5) is 0 Å². The van der Waals surface area contributed by atoms with Gasteiger partial charge in [0.25, 0.3) is 5.91 Å². The molecule has 1 amide bonds. The van der Waals surface area contributed by atoms with Crippen LogP contribution in [0.15, 0.2) is 29.6 Å². The molecule has 0 saturated carbocycles. The van der Waals surface area contributed by atoms with Crippen LogP contribution >= 0.6 is 11.3 Å². The Kier molecular flexibility index (Phi) is 5.30. The van der Waals surface area contributed by atoms with Gasteiger partial charge in [-0.05, 0) is 31.2 Å². The number of amides is 1. The molecule has 21 heavy (non-hydrogen) atoms. The summed E-state index contributed by atoms with van der Waals surface area (Å²) in [7, 11) is 1.66. The van der Waals surface area contributed by atoms with Crippen LogP contribution in [0, 0.1) is 6.92 Å². The smallest absolute Gasteiger partial charge is 0.253 e. The summed E-state index contributed by atoms with van der Waals surface area (Å²) in [4.78, 5) is 17.8. The third-order valence-corrected chi connectivity index (χ3v) is 3.85. The van der Waals surface area contributed by atoms with Gasteiger partial charge in [0.2, 0.25) is 0 Å². The first-order valence-corrected chi connectivity index (χ1v) is 7.48. The molecule has 0 saturated heterocycles. The number of benzene rings is 1. The normalized spacial score (nSPS) is 10.4. The van der Waals surface area contributed by atoms with Crippen molar-refractivity contribution in [1.82, 2.24) is 9.88 Å². The molecule has 0 aliphatic rings. The molecule has 0 atom stereocenters. The van der Waals surface area contributed by atoms with Crippen LogP contribution < -0.4 is 4.74 Å². The van der Waals surface area contributed by atoms with Gasteiger partial charge in [-0.2, -0.15) is 0 Å². The number of ether oxygens (including phenoxy) is 1. The van der Waals surface area contributed by atoms with Crippen LogP contribution in [0.25, 0.3) is 0 Å². The zero-order chi connectivity index (χ0) is 15.2. The molecule has 0 aliphatic heterocycles. The third-order valence-electron chi connectivity index (χ3n) is 2.91. The van der Waals surface area contributed by atoms with E-state index in [9.17, 15) is 4.79 Å². The maximum Gasteiger partial charge on any atom is 0.253 e. The molecule has 2 rings (SSSR count). The lowest BCUT2D eigenvalue weighted by Crippen LogP contribution is -2.29. The van der Waals surface area contributed by atoms with Crippen molar-refractivity contribution in [2.75, 3.05) is 20.2 Å². The highest BCUT2D eigenvalue weighted by molar-refractivity contribution is 7.09. The van der Waals surface area contributed by atoms with Crippen molar-refractivity contribution in [1.29, 1.82) is 0 Å². The second-order valence-corrected chi connectivity index (χ2v) is 5.59. The van der Waals surface area contributed by atoms with Gasteiger partial charge in [0, 0.05) is 30.2 Å². The number of aliphatic hydroxyl groups excluding tert-OH is 1. The summed E-state index contributed by atoms with van der Waals surface area (Å²) in [5, 5.41) is 11.7. The third kappa shape index (κ3) is 4.27. The maximum atomic E-state index is 12.0. The van der Waals surface area contributed by atoms with Crippen LogP contribution in [0.2, 0.25) is 0 Å². The molecule has 0 spiro atoms. The summed E-state index contributed by atoms with van der Waals surface area (Å²) < 4.78 is 5.63. The van der Waals surface area contributed by atoms with Crippen molar-refractivity contribution in [2.45, 2.75) is 13.5 Å². The van der Waals surface area contributed by atoms with Crippen molar-refractivity contribution in [3.05, 3.63) is 45.9 Å². The Bertz CT molecular complexity index is 595. The summed E-state index contributed by atoms with van der Waals surface area (Å²) in [6, 6.07) is 6.97. The van der Waals surface area contributed by atoms with Gasteiger partial charge in [-0.1, -0.05) is 0 Å². The predicted molar refractivity (Wildman–Crippen MR) is 81.7 cm³/mol. The first-order chi connectivity index (χ1) is 10.1. The first kappa shape index (κ1) is 15.5. The molecule has 5 nitrogen and oxygen atoms in total. The van der Waals surface area contributed by atoms with Crippen LogP contribution in [0.3, 0.4) is 0 Å². The van der Waals surface area contributed by atoms with Gasteiger partial charge in [-0.15, -0.1) is 11.3 Å². The Labute approximate surface area is 127 Å². The van der Waals surface area contributed by atoms with E-state index in [-0.39, 0.29) is 12.5 Å². The minimum absolute atomic E-state index is 0.0450. The van der Waals surface area contributed by atoms with Gasteiger partial charge in [0.05, 0.1) is 6.61 Å². The van der Waals surface area contributed by atoms with Crippen molar-refractivity contribution in [3.8, 4) is 5.75 Å². The highest BCUT2D eigenvalue weighted by Gasteiger charge is 2.11. The fraction of sp³-hybridized carbons (Fsp3) is 0.333. The molecule has 2 aromatic rings. The number of aliphatic hydroxyl groups is 1. The fourth-order valence-corrected chi connectivity index (χ4v) is 2.46. The average Bonchev–Trinajstić information content (AvgIpc) is 2.91. The molecule has 0 radical (unpaired) electrons. The summed E-state index contributed by atoms with van der Waals surface area (Å²) in [6.07, 6.45) is 0. The number of carbonyl (C=O) groups is 1. The van der Waals surface area contributed by atoms with Gasteiger partial charge >= 0.3 is 0 Å². The predicted octanol–water partition coefficient (Wildman–Crippen LogP) is 2.09. The topological polar surface area (TPSA) is 62.7 Å². The number of carbonyl (C=O) groups excluding carboxylic acids is 1. The number of aryl methyl sites for hydroxylation is 1.